The first-order valence-corrected chi connectivity index (χ1v) is 9.71. The summed E-state index contributed by atoms with van der Waals surface area (Å²) < 4.78 is 11.1. The van der Waals surface area contributed by atoms with Crippen LogP contribution in [-0.4, -0.2) is 37.1 Å². The molecule has 138 valence electrons. The van der Waals surface area contributed by atoms with E-state index in [1.807, 2.05) is 18.7 Å². The Morgan fingerprint density at radius 1 is 1.20 bits per heavy atom. The molecule has 1 aliphatic carbocycles. The van der Waals surface area contributed by atoms with Crippen molar-refractivity contribution in [1.82, 2.24) is 4.90 Å². The summed E-state index contributed by atoms with van der Waals surface area (Å²) in [6.45, 7) is 5.57. The van der Waals surface area contributed by atoms with Crippen molar-refractivity contribution in [2.24, 2.45) is 11.8 Å². The van der Waals surface area contributed by atoms with Crippen LogP contribution < -0.4 is 9.47 Å². The molecule has 0 unspecified atom stereocenters. The first-order valence-electron chi connectivity index (χ1n) is 9.33. The number of methoxy groups -OCH3 is 1. The third-order valence-electron chi connectivity index (χ3n) is 5.41. The van der Waals surface area contributed by atoms with Crippen molar-refractivity contribution in [3.05, 3.63) is 22.7 Å². The van der Waals surface area contributed by atoms with Crippen LogP contribution in [0.5, 0.6) is 11.5 Å². The molecule has 0 bridgehead atoms. The predicted octanol–water partition coefficient (Wildman–Crippen LogP) is 4.79. The van der Waals surface area contributed by atoms with Crippen molar-refractivity contribution in [1.29, 1.82) is 0 Å². The van der Waals surface area contributed by atoms with Crippen LogP contribution in [0.2, 0.25) is 5.02 Å². The smallest absolute Gasteiger partial charge is 0.254 e. The molecular formula is C20H28ClNO3. The fraction of sp³-hybridized carbons (Fsp3) is 0.650. The van der Waals surface area contributed by atoms with Crippen LogP contribution in [0.15, 0.2) is 12.1 Å². The van der Waals surface area contributed by atoms with Crippen molar-refractivity contribution in [3.8, 4) is 11.5 Å². The zero-order valence-electron chi connectivity index (χ0n) is 15.4. The van der Waals surface area contributed by atoms with E-state index in [4.69, 9.17) is 21.1 Å². The van der Waals surface area contributed by atoms with E-state index in [1.54, 1.807) is 19.2 Å². The Labute approximate surface area is 155 Å². The van der Waals surface area contributed by atoms with Crippen molar-refractivity contribution in [2.75, 3.05) is 20.2 Å². The maximum atomic E-state index is 13.0. The summed E-state index contributed by atoms with van der Waals surface area (Å²) in [6.07, 6.45) is 6.32. The number of piperidine rings is 1. The second-order valence-electron chi connectivity index (χ2n) is 7.50. The lowest BCUT2D eigenvalue weighted by Gasteiger charge is -2.41. The molecule has 2 aliphatic rings. The fourth-order valence-corrected chi connectivity index (χ4v) is 4.42. The molecule has 25 heavy (non-hydrogen) atoms. The molecule has 1 aromatic carbocycles. The number of benzene rings is 1. The third kappa shape index (κ3) is 4.05. The second kappa shape index (κ2) is 7.86. The van der Waals surface area contributed by atoms with E-state index < -0.39 is 0 Å². The molecule has 1 amide bonds. The second-order valence-corrected chi connectivity index (χ2v) is 7.91. The van der Waals surface area contributed by atoms with Gasteiger partial charge in [-0.25, -0.2) is 0 Å². The normalized spacial score (nSPS) is 23.3. The zero-order valence-corrected chi connectivity index (χ0v) is 16.1. The van der Waals surface area contributed by atoms with Gasteiger partial charge in [-0.3, -0.25) is 4.79 Å². The van der Waals surface area contributed by atoms with Crippen LogP contribution in [0.25, 0.3) is 0 Å². The Balaban J connectivity index is 1.79. The van der Waals surface area contributed by atoms with E-state index >= 15 is 0 Å². The number of nitrogens with zero attached hydrogens (tertiary/aromatic N) is 1. The summed E-state index contributed by atoms with van der Waals surface area (Å²) in [5.41, 5.74) is 0.576. The summed E-state index contributed by atoms with van der Waals surface area (Å²) in [4.78, 5) is 15.0. The van der Waals surface area contributed by atoms with E-state index in [2.05, 4.69) is 0 Å². The van der Waals surface area contributed by atoms with E-state index in [0.717, 1.165) is 25.4 Å². The highest BCUT2D eigenvalue weighted by Gasteiger charge is 2.33. The van der Waals surface area contributed by atoms with Crippen LogP contribution in [0.3, 0.4) is 0 Å². The van der Waals surface area contributed by atoms with Gasteiger partial charge in [-0.1, -0.05) is 30.9 Å². The van der Waals surface area contributed by atoms with Crippen LogP contribution >= 0.6 is 11.6 Å². The summed E-state index contributed by atoms with van der Waals surface area (Å²) >= 11 is 6.38. The number of carbonyl (C=O) groups is 1. The van der Waals surface area contributed by atoms with Gasteiger partial charge in [-0.2, -0.15) is 0 Å². The zero-order chi connectivity index (χ0) is 18.0. The topological polar surface area (TPSA) is 38.8 Å². The Morgan fingerprint density at radius 3 is 2.60 bits per heavy atom. The first kappa shape index (κ1) is 18.4. The number of hydrogen-bond donors (Lipinski definition) is 0. The minimum absolute atomic E-state index is 0.0155. The molecule has 4 nitrogen and oxygen atoms in total. The van der Waals surface area contributed by atoms with Crippen molar-refractivity contribution in [3.63, 3.8) is 0 Å². The molecule has 0 spiro atoms. The van der Waals surface area contributed by atoms with Crippen molar-refractivity contribution >= 4 is 17.5 Å². The molecule has 5 heteroatoms. The van der Waals surface area contributed by atoms with Gasteiger partial charge in [-0.05, 0) is 50.7 Å². The molecule has 0 N–H and O–H groups in total. The molecule has 1 aliphatic heterocycles. The number of rotatable bonds is 4. The third-order valence-corrected chi connectivity index (χ3v) is 5.69. The Morgan fingerprint density at radius 2 is 1.92 bits per heavy atom. The quantitative estimate of drug-likeness (QED) is 0.770. The average molecular weight is 366 g/mol. The molecular weight excluding hydrogens is 338 g/mol. The van der Waals surface area contributed by atoms with Crippen LogP contribution in [0, 0.1) is 11.8 Å². The Kier molecular flexibility index (Phi) is 5.78. The van der Waals surface area contributed by atoms with Gasteiger partial charge in [0.25, 0.3) is 5.91 Å². The molecule has 2 atom stereocenters. The summed E-state index contributed by atoms with van der Waals surface area (Å²) in [5.74, 6) is 2.52. The predicted molar refractivity (Wildman–Crippen MR) is 99.7 cm³/mol. The number of carbonyl (C=O) groups excluding carboxylic acids is 1. The Bertz CT molecular complexity index is 632. The lowest BCUT2D eigenvalue weighted by Crippen LogP contribution is -2.44. The molecule has 0 radical (unpaired) electrons. The minimum Gasteiger partial charge on any atom is -0.493 e. The van der Waals surface area contributed by atoms with Gasteiger partial charge in [0, 0.05) is 18.7 Å². The van der Waals surface area contributed by atoms with E-state index in [9.17, 15) is 4.79 Å². The molecule has 1 saturated carbocycles. The van der Waals surface area contributed by atoms with Gasteiger partial charge in [-0.15, -0.1) is 0 Å². The lowest BCUT2D eigenvalue weighted by molar-refractivity contribution is 0.0520. The van der Waals surface area contributed by atoms with Crippen molar-refractivity contribution in [2.45, 2.75) is 52.1 Å². The lowest BCUT2D eigenvalue weighted by atomic mass is 9.75. The summed E-state index contributed by atoms with van der Waals surface area (Å²) in [5, 5.41) is 0.420. The van der Waals surface area contributed by atoms with Crippen LogP contribution in [0.4, 0.5) is 0 Å². The highest BCUT2D eigenvalue weighted by Crippen LogP contribution is 2.39. The first-order chi connectivity index (χ1) is 12.0. The van der Waals surface area contributed by atoms with Crippen LogP contribution in [-0.2, 0) is 0 Å². The van der Waals surface area contributed by atoms with Gasteiger partial charge in [0.1, 0.15) is 0 Å². The molecule has 2 fully saturated rings. The fourth-order valence-electron chi connectivity index (χ4n) is 4.16. The number of amides is 1. The molecule has 1 saturated heterocycles. The maximum absolute atomic E-state index is 13.0. The molecule has 3 rings (SSSR count). The number of fused-ring (bicyclic) bond motifs is 1. The number of ether oxygens (including phenoxy) is 2. The van der Waals surface area contributed by atoms with Gasteiger partial charge < -0.3 is 14.4 Å². The van der Waals surface area contributed by atoms with Gasteiger partial charge in [0.05, 0.1) is 18.2 Å². The largest absolute Gasteiger partial charge is 0.493 e. The molecule has 1 aromatic rings. The number of likely N-dealkylation sites (tertiary alicyclic amines) is 1. The monoisotopic (exact) mass is 365 g/mol. The molecule has 1 heterocycles. The summed E-state index contributed by atoms with van der Waals surface area (Å²) in [6, 6.07) is 3.45. The van der Waals surface area contributed by atoms with Gasteiger partial charge in [0.2, 0.25) is 0 Å². The highest BCUT2D eigenvalue weighted by molar-refractivity contribution is 6.32. The molecule has 0 aromatic heterocycles. The number of hydrogen-bond acceptors (Lipinski definition) is 3. The highest BCUT2D eigenvalue weighted by atomic mass is 35.5. The van der Waals surface area contributed by atoms with Gasteiger partial charge >= 0.3 is 0 Å². The maximum Gasteiger partial charge on any atom is 0.254 e. The van der Waals surface area contributed by atoms with Crippen LogP contribution in [0.1, 0.15) is 56.3 Å². The van der Waals surface area contributed by atoms with E-state index in [1.165, 1.54) is 25.7 Å². The van der Waals surface area contributed by atoms with E-state index in [-0.39, 0.29) is 12.0 Å². The van der Waals surface area contributed by atoms with E-state index in [0.29, 0.717) is 28.0 Å². The SMILES string of the molecule is COc1cc(C(=O)N2CC[C@H]3CCCC[C@H]3C2)cc(Cl)c1OC(C)C. The standard InChI is InChI=1S/C20H28ClNO3/c1-13(2)25-19-17(21)10-16(11-18(19)24-3)20(23)22-9-8-14-6-4-5-7-15(14)12-22/h10-11,13-15H,4-9,12H2,1-3H3/t14-,15+/m1/s1. The minimum atomic E-state index is -0.0155. The Hall–Kier alpha value is -1.42. The van der Waals surface area contributed by atoms with Gasteiger partial charge in [0.15, 0.2) is 11.5 Å². The van der Waals surface area contributed by atoms with Crippen molar-refractivity contribution < 1.29 is 14.3 Å². The average Bonchev–Trinajstić information content (AvgIpc) is 2.61. The summed E-state index contributed by atoms with van der Waals surface area (Å²) in [7, 11) is 1.57. The number of halogens is 1.